The van der Waals surface area contributed by atoms with Crippen LogP contribution in [0.2, 0.25) is 5.02 Å². The molecule has 2 aromatic rings. The van der Waals surface area contributed by atoms with E-state index in [1.807, 2.05) is 24.3 Å². The molecule has 1 aliphatic rings. The first kappa shape index (κ1) is 15.5. The lowest BCUT2D eigenvalue weighted by atomic mass is 10.00. The molecule has 1 aliphatic heterocycles. The predicted octanol–water partition coefficient (Wildman–Crippen LogP) is 3.13. The highest BCUT2D eigenvalue weighted by Crippen LogP contribution is 2.23. The number of aliphatic hydroxyl groups is 1. The van der Waals surface area contributed by atoms with Crippen molar-refractivity contribution >= 4 is 11.6 Å². The number of likely N-dealkylation sites (tertiary alicyclic amines) is 1. The molecule has 0 unspecified atom stereocenters. The third-order valence-electron chi connectivity index (χ3n) is 4.12. The van der Waals surface area contributed by atoms with Crippen LogP contribution in [0.4, 0.5) is 0 Å². The second-order valence-corrected chi connectivity index (χ2v) is 6.09. The largest absolute Gasteiger partial charge is 0.396 e. The zero-order valence-corrected chi connectivity index (χ0v) is 13.2. The van der Waals surface area contributed by atoms with Gasteiger partial charge in [0.2, 0.25) is 11.7 Å². The number of benzene rings is 1. The molecule has 0 saturated carbocycles. The van der Waals surface area contributed by atoms with Crippen LogP contribution in [0, 0.1) is 0 Å². The summed E-state index contributed by atoms with van der Waals surface area (Å²) in [4.78, 5) is 6.81. The number of halogens is 1. The molecule has 0 bridgehead atoms. The zero-order chi connectivity index (χ0) is 15.4. The van der Waals surface area contributed by atoms with Crippen LogP contribution >= 0.6 is 11.6 Å². The fraction of sp³-hybridized carbons (Fsp3) is 0.500. The highest BCUT2D eigenvalue weighted by Gasteiger charge is 2.23. The van der Waals surface area contributed by atoms with Crippen LogP contribution < -0.4 is 0 Å². The zero-order valence-electron chi connectivity index (χ0n) is 12.4. The van der Waals surface area contributed by atoms with E-state index in [1.165, 1.54) is 12.8 Å². The van der Waals surface area contributed by atoms with E-state index < -0.39 is 0 Å². The van der Waals surface area contributed by atoms with Gasteiger partial charge in [0.15, 0.2) is 0 Å². The molecule has 1 aromatic carbocycles. The number of aliphatic hydroxyl groups excluding tert-OH is 1. The van der Waals surface area contributed by atoms with Crippen molar-refractivity contribution in [2.45, 2.75) is 38.3 Å². The van der Waals surface area contributed by atoms with Crippen molar-refractivity contribution in [2.24, 2.45) is 0 Å². The SMILES string of the molecule is OCC[C@@H]1CCCCN1Cc1nc(-c2ccc(Cl)cc2)no1. The molecule has 5 nitrogen and oxygen atoms in total. The van der Waals surface area contributed by atoms with E-state index in [2.05, 4.69) is 15.0 Å². The van der Waals surface area contributed by atoms with Gasteiger partial charge < -0.3 is 9.63 Å². The molecule has 0 amide bonds. The van der Waals surface area contributed by atoms with Crippen molar-refractivity contribution in [3.05, 3.63) is 35.2 Å². The maximum atomic E-state index is 9.19. The third-order valence-corrected chi connectivity index (χ3v) is 4.37. The second-order valence-electron chi connectivity index (χ2n) is 5.65. The summed E-state index contributed by atoms with van der Waals surface area (Å²) < 4.78 is 5.38. The minimum Gasteiger partial charge on any atom is -0.396 e. The summed E-state index contributed by atoms with van der Waals surface area (Å²) in [5, 5.41) is 13.9. The molecule has 0 radical (unpaired) electrons. The van der Waals surface area contributed by atoms with E-state index in [-0.39, 0.29) is 6.61 Å². The van der Waals surface area contributed by atoms with Crippen LogP contribution in [0.1, 0.15) is 31.6 Å². The summed E-state index contributed by atoms with van der Waals surface area (Å²) in [6, 6.07) is 7.80. The Morgan fingerprint density at radius 1 is 1.27 bits per heavy atom. The Bertz CT molecular complexity index is 598. The number of hydrogen-bond acceptors (Lipinski definition) is 5. The molecule has 22 heavy (non-hydrogen) atoms. The molecular weight excluding hydrogens is 302 g/mol. The Balaban J connectivity index is 1.69. The van der Waals surface area contributed by atoms with Gasteiger partial charge >= 0.3 is 0 Å². The van der Waals surface area contributed by atoms with Crippen LogP contribution in [0.15, 0.2) is 28.8 Å². The van der Waals surface area contributed by atoms with E-state index in [4.69, 9.17) is 16.1 Å². The summed E-state index contributed by atoms with van der Waals surface area (Å²) in [5.41, 5.74) is 0.893. The highest BCUT2D eigenvalue weighted by molar-refractivity contribution is 6.30. The lowest BCUT2D eigenvalue weighted by Crippen LogP contribution is -2.39. The fourth-order valence-corrected chi connectivity index (χ4v) is 3.08. The molecule has 1 atom stereocenters. The molecule has 2 heterocycles. The van der Waals surface area contributed by atoms with Crippen LogP contribution in [0.3, 0.4) is 0 Å². The average Bonchev–Trinajstić information content (AvgIpc) is 2.99. The van der Waals surface area contributed by atoms with Crippen molar-refractivity contribution in [3.8, 4) is 11.4 Å². The van der Waals surface area contributed by atoms with E-state index in [1.54, 1.807) is 0 Å². The molecular formula is C16H20ClN3O2. The van der Waals surface area contributed by atoms with Gasteiger partial charge in [-0.15, -0.1) is 0 Å². The Labute approximate surface area is 134 Å². The average molecular weight is 322 g/mol. The maximum absolute atomic E-state index is 9.19. The third kappa shape index (κ3) is 3.66. The number of hydrogen-bond donors (Lipinski definition) is 1. The Morgan fingerprint density at radius 2 is 2.09 bits per heavy atom. The number of piperidine rings is 1. The predicted molar refractivity (Wildman–Crippen MR) is 84.5 cm³/mol. The lowest BCUT2D eigenvalue weighted by molar-refractivity contribution is 0.100. The number of nitrogens with zero attached hydrogens (tertiary/aromatic N) is 3. The summed E-state index contributed by atoms with van der Waals surface area (Å²) in [5.74, 6) is 1.21. The molecule has 3 rings (SSSR count). The van der Waals surface area contributed by atoms with Gasteiger partial charge in [0.1, 0.15) is 0 Å². The fourth-order valence-electron chi connectivity index (χ4n) is 2.95. The topological polar surface area (TPSA) is 62.4 Å². The monoisotopic (exact) mass is 321 g/mol. The van der Waals surface area contributed by atoms with E-state index in [0.29, 0.717) is 29.3 Å². The van der Waals surface area contributed by atoms with Gasteiger partial charge in [-0.25, -0.2) is 0 Å². The molecule has 0 aliphatic carbocycles. The van der Waals surface area contributed by atoms with Gasteiger partial charge in [0.25, 0.3) is 0 Å². The van der Waals surface area contributed by atoms with Gasteiger partial charge in [-0.2, -0.15) is 4.98 Å². The quantitative estimate of drug-likeness (QED) is 0.916. The van der Waals surface area contributed by atoms with Crippen LogP contribution in [0.5, 0.6) is 0 Å². The Morgan fingerprint density at radius 3 is 2.86 bits per heavy atom. The summed E-state index contributed by atoms with van der Waals surface area (Å²) in [7, 11) is 0. The molecule has 118 valence electrons. The van der Waals surface area contributed by atoms with Crippen molar-refractivity contribution in [1.29, 1.82) is 0 Å². The lowest BCUT2D eigenvalue weighted by Gasteiger charge is -2.34. The number of rotatable bonds is 5. The van der Waals surface area contributed by atoms with E-state index in [9.17, 15) is 5.11 Å². The molecule has 6 heteroatoms. The van der Waals surface area contributed by atoms with Crippen LogP contribution in [0.25, 0.3) is 11.4 Å². The van der Waals surface area contributed by atoms with Crippen molar-refractivity contribution in [2.75, 3.05) is 13.2 Å². The first-order chi connectivity index (χ1) is 10.8. The summed E-state index contributed by atoms with van der Waals surface area (Å²) >= 11 is 5.89. The molecule has 1 fully saturated rings. The van der Waals surface area contributed by atoms with Gasteiger partial charge in [0.05, 0.1) is 6.54 Å². The minimum absolute atomic E-state index is 0.223. The van der Waals surface area contributed by atoms with Gasteiger partial charge in [-0.1, -0.05) is 23.2 Å². The van der Waals surface area contributed by atoms with Crippen LogP contribution in [-0.4, -0.2) is 39.3 Å². The van der Waals surface area contributed by atoms with Gasteiger partial charge in [-0.05, 0) is 50.1 Å². The number of aromatic nitrogens is 2. The van der Waals surface area contributed by atoms with Crippen molar-refractivity contribution in [3.63, 3.8) is 0 Å². The van der Waals surface area contributed by atoms with Gasteiger partial charge in [0, 0.05) is 23.2 Å². The van der Waals surface area contributed by atoms with Crippen molar-refractivity contribution in [1.82, 2.24) is 15.0 Å². The smallest absolute Gasteiger partial charge is 0.241 e. The maximum Gasteiger partial charge on any atom is 0.241 e. The molecule has 0 spiro atoms. The first-order valence-corrected chi connectivity index (χ1v) is 8.07. The summed E-state index contributed by atoms with van der Waals surface area (Å²) in [6.07, 6.45) is 4.33. The Kier molecular flexibility index (Phi) is 5.08. The molecule has 1 aromatic heterocycles. The minimum atomic E-state index is 0.223. The van der Waals surface area contributed by atoms with Crippen LogP contribution in [-0.2, 0) is 6.54 Å². The molecule has 1 saturated heterocycles. The Hall–Kier alpha value is -1.43. The molecule has 1 N–H and O–H groups in total. The van der Waals surface area contributed by atoms with Crippen molar-refractivity contribution < 1.29 is 9.63 Å². The van der Waals surface area contributed by atoms with E-state index in [0.717, 1.165) is 24.9 Å². The normalized spacial score (nSPS) is 19.5. The van der Waals surface area contributed by atoms with E-state index >= 15 is 0 Å². The highest BCUT2D eigenvalue weighted by atomic mass is 35.5. The standard InChI is InChI=1S/C16H20ClN3O2/c17-13-6-4-12(5-7-13)16-18-15(22-19-16)11-20-9-2-1-3-14(20)8-10-21/h4-7,14,21H,1-3,8-11H2/t14-/m0/s1. The summed E-state index contributed by atoms with van der Waals surface area (Å²) in [6.45, 7) is 1.88. The second kappa shape index (κ2) is 7.22. The van der Waals surface area contributed by atoms with Gasteiger partial charge in [-0.3, -0.25) is 4.90 Å². The first-order valence-electron chi connectivity index (χ1n) is 7.69.